The number of amides is 3. The number of urea groups is 1. The lowest BCUT2D eigenvalue weighted by Crippen LogP contribution is -2.54. The Morgan fingerprint density at radius 3 is 2.15 bits per heavy atom. The molecule has 2 aliphatic heterocycles. The fourth-order valence-corrected chi connectivity index (χ4v) is 9.07. The molecule has 3 amide bonds. The van der Waals surface area contributed by atoms with Gasteiger partial charge in [-0.25, -0.2) is 32.9 Å². The van der Waals surface area contributed by atoms with Gasteiger partial charge in [0.05, 0.1) is 44.7 Å². The first-order valence-corrected chi connectivity index (χ1v) is 21.1. The molecule has 0 bridgehead atoms. The number of hydrogen-bond donors (Lipinski definition) is 4. The Morgan fingerprint density at radius 2 is 1.55 bits per heavy atom. The van der Waals surface area contributed by atoms with Gasteiger partial charge in [-0.2, -0.15) is 44.6 Å². The van der Waals surface area contributed by atoms with Gasteiger partial charge in [0.1, 0.15) is 29.5 Å². The van der Waals surface area contributed by atoms with E-state index in [0.717, 1.165) is 25.1 Å². The minimum atomic E-state index is -5.41. The summed E-state index contributed by atoms with van der Waals surface area (Å²) in [5.74, 6) is -3.37. The van der Waals surface area contributed by atoms with Gasteiger partial charge < -0.3 is 14.6 Å². The second-order valence-corrected chi connectivity index (χ2v) is 17.8. The number of carbonyl (C=O) groups excluding carboxylic acids is 2. The van der Waals surface area contributed by atoms with E-state index in [1.807, 2.05) is 0 Å². The van der Waals surface area contributed by atoms with Crippen molar-refractivity contribution in [2.24, 2.45) is 0 Å². The standard InChI is InChI=1S/C42H37F11N5O7P/c1-6-21-8-7-9-24-30-32(44)38(4,55-35(59)54-36(60)64-19-20-10-13-28(65-66(61,62)63)27(14-20)42(51,52)53)16-29(43)39(30,5)34-25-18-57(37(2,3)33(25)56-58(34)31(21)24)17-22-11-12-23(40(45,46)47)15-26(22)41(48,49)50/h7-16H,6,17-19H2,1-5H3,(H2,61,62,63)(H2,54,55,59,60). The molecule has 12 nitrogen and oxygen atoms in total. The van der Waals surface area contributed by atoms with Crippen molar-refractivity contribution in [3.63, 3.8) is 0 Å². The molecule has 4 aromatic rings. The number of benzene rings is 3. The lowest BCUT2D eigenvalue weighted by atomic mass is 9.65. The van der Waals surface area contributed by atoms with Crippen molar-refractivity contribution >= 4 is 25.5 Å². The van der Waals surface area contributed by atoms with Gasteiger partial charge in [-0.1, -0.05) is 37.3 Å². The number of para-hydroxylation sites is 1. The fourth-order valence-electron chi connectivity index (χ4n) is 8.66. The number of alkyl carbamates (subject to hydrolysis) is 1. The van der Waals surface area contributed by atoms with E-state index in [1.54, 1.807) is 38.2 Å². The zero-order chi connectivity index (χ0) is 48.9. The first kappa shape index (κ1) is 48.2. The maximum Gasteiger partial charge on any atom is 0.524 e. The van der Waals surface area contributed by atoms with Gasteiger partial charge in [-0.15, -0.1) is 0 Å². The Morgan fingerprint density at radius 1 is 0.879 bits per heavy atom. The summed E-state index contributed by atoms with van der Waals surface area (Å²) in [4.78, 5) is 45.3. The van der Waals surface area contributed by atoms with Crippen molar-refractivity contribution in [3.05, 3.63) is 128 Å². The lowest BCUT2D eigenvalue weighted by Gasteiger charge is -2.44. The largest absolute Gasteiger partial charge is 0.524 e. The van der Waals surface area contributed by atoms with E-state index in [0.29, 0.717) is 41.4 Å². The molecule has 0 saturated carbocycles. The van der Waals surface area contributed by atoms with Crippen LogP contribution in [0, 0.1) is 0 Å². The average Bonchev–Trinajstić information content (AvgIpc) is 3.68. The molecule has 0 saturated heterocycles. The van der Waals surface area contributed by atoms with Crippen molar-refractivity contribution in [2.45, 2.75) is 95.8 Å². The topological polar surface area (TPSA) is 155 Å². The first-order chi connectivity index (χ1) is 30.3. The Balaban J connectivity index is 1.20. The monoisotopic (exact) mass is 963 g/mol. The number of imide groups is 1. The summed E-state index contributed by atoms with van der Waals surface area (Å²) in [5.41, 5.74) is -9.56. The van der Waals surface area contributed by atoms with E-state index >= 15 is 8.78 Å². The third-order valence-electron chi connectivity index (χ3n) is 11.9. The molecule has 2 unspecified atom stereocenters. The molecule has 354 valence electrons. The van der Waals surface area contributed by atoms with Crippen LogP contribution in [-0.2, 0) is 64.9 Å². The number of aryl methyl sites for hydroxylation is 1. The van der Waals surface area contributed by atoms with E-state index in [9.17, 15) is 53.7 Å². The summed E-state index contributed by atoms with van der Waals surface area (Å²) in [6.45, 7) is 5.82. The molecule has 3 heterocycles. The highest BCUT2D eigenvalue weighted by molar-refractivity contribution is 7.46. The van der Waals surface area contributed by atoms with Crippen LogP contribution in [0.1, 0.15) is 90.5 Å². The van der Waals surface area contributed by atoms with E-state index < -0.39 is 108 Å². The van der Waals surface area contributed by atoms with E-state index in [4.69, 9.17) is 19.6 Å². The average molecular weight is 964 g/mol. The summed E-state index contributed by atoms with van der Waals surface area (Å²) in [5, 5.41) is 8.78. The van der Waals surface area contributed by atoms with Crippen LogP contribution in [0.25, 0.3) is 11.3 Å². The number of allylic oxidation sites excluding steroid dienone is 2. The highest BCUT2D eigenvalue weighted by Gasteiger charge is 2.57. The van der Waals surface area contributed by atoms with E-state index in [-0.39, 0.29) is 40.7 Å². The van der Waals surface area contributed by atoms with Gasteiger partial charge >= 0.3 is 38.5 Å². The molecule has 2 atom stereocenters. The maximum absolute atomic E-state index is 17.5. The van der Waals surface area contributed by atoms with Crippen LogP contribution >= 0.6 is 7.82 Å². The molecule has 0 fully saturated rings. The Hall–Kier alpha value is -5.77. The maximum atomic E-state index is 17.5. The molecule has 1 aromatic heterocycles. The van der Waals surface area contributed by atoms with Crippen LogP contribution in [-0.4, -0.2) is 42.1 Å². The molecule has 7 rings (SSSR count). The molecule has 24 heteroatoms. The smallest absolute Gasteiger partial charge is 0.444 e. The molecular formula is C42H37F11N5O7P. The molecular weight excluding hydrogens is 926 g/mol. The van der Waals surface area contributed by atoms with Crippen molar-refractivity contribution < 1.29 is 81.5 Å². The fraction of sp³-hybridized carbons (Fsp3) is 0.357. The lowest BCUT2D eigenvalue weighted by molar-refractivity contribution is -0.144. The summed E-state index contributed by atoms with van der Waals surface area (Å²) < 4.78 is 180. The highest BCUT2D eigenvalue weighted by Crippen LogP contribution is 2.59. The summed E-state index contributed by atoms with van der Waals surface area (Å²) in [6.07, 6.45) is -15.9. The van der Waals surface area contributed by atoms with Crippen LogP contribution < -0.4 is 15.2 Å². The second kappa shape index (κ2) is 15.9. The quantitative estimate of drug-likeness (QED) is 0.0998. The molecule has 1 aliphatic carbocycles. The van der Waals surface area contributed by atoms with Gasteiger partial charge in [0, 0.05) is 29.8 Å². The zero-order valence-electron chi connectivity index (χ0n) is 35.0. The number of ether oxygens (including phenoxy) is 1. The molecule has 0 radical (unpaired) electrons. The summed E-state index contributed by atoms with van der Waals surface area (Å²) >= 11 is 0. The van der Waals surface area contributed by atoms with E-state index in [1.165, 1.54) is 22.6 Å². The van der Waals surface area contributed by atoms with Gasteiger partial charge in [0.25, 0.3) is 0 Å². The Kier molecular flexibility index (Phi) is 11.6. The number of nitrogens with one attached hydrogen (secondary N) is 2. The zero-order valence-corrected chi connectivity index (χ0v) is 35.9. The van der Waals surface area contributed by atoms with Crippen LogP contribution in [0.2, 0.25) is 0 Å². The van der Waals surface area contributed by atoms with E-state index in [2.05, 4.69) is 9.84 Å². The normalized spacial score (nSPS) is 20.5. The third kappa shape index (κ3) is 8.45. The minimum Gasteiger partial charge on any atom is -0.444 e. The number of hydrogen-bond acceptors (Lipinski definition) is 7. The number of rotatable bonds is 8. The Labute approximate surface area is 367 Å². The number of carbonyl (C=O) groups is 2. The van der Waals surface area contributed by atoms with Gasteiger partial charge in [-0.3, -0.25) is 14.7 Å². The number of aromatic nitrogens is 2. The van der Waals surface area contributed by atoms with Gasteiger partial charge in [0.15, 0.2) is 0 Å². The van der Waals surface area contributed by atoms with Crippen LogP contribution in [0.3, 0.4) is 0 Å². The highest BCUT2D eigenvalue weighted by atomic mass is 31.2. The third-order valence-corrected chi connectivity index (χ3v) is 12.3. The van der Waals surface area contributed by atoms with Crippen LogP contribution in [0.5, 0.6) is 5.75 Å². The predicted molar refractivity (Wildman–Crippen MR) is 211 cm³/mol. The van der Waals surface area contributed by atoms with Crippen LogP contribution in [0.15, 0.2) is 72.3 Å². The Bertz CT molecular complexity index is 2790. The molecule has 0 spiro atoms. The number of phosphoric ester groups is 1. The number of fused-ring (bicyclic) bond motifs is 8. The predicted octanol–water partition coefficient (Wildman–Crippen LogP) is 10.4. The summed E-state index contributed by atoms with van der Waals surface area (Å²) in [6, 6.07) is 6.53. The SMILES string of the molecule is CCc1cccc2c1-n1nc3c(c1C1(C)C(F)=CC(C)(NC(=O)NC(=O)OCc4ccc(OP(=O)(O)O)c(C(F)(F)F)c4)C(F)=C21)CN(Cc1ccc(C(F)(F)F)cc1C(F)(F)F)C3(C)C. The number of halogens is 11. The number of alkyl halides is 9. The molecule has 4 N–H and O–H groups in total. The van der Waals surface area contributed by atoms with Crippen molar-refractivity contribution in [2.75, 3.05) is 0 Å². The van der Waals surface area contributed by atoms with Gasteiger partial charge in [-0.05, 0) is 81.1 Å². The van der Waals surface area contributed by atoms with Crippen molar-refractivity contribution in [1.82, 2.24) is 25.3 Å². The number of nitrogens with zero attached hydrogens (tertiary/aromatic N) is 3. The van der Waals surface area contributed by atoms with Crippen molar-refractivity contribution in [3.8, 4) is 11.4 Å². The summed E-state index contributed by atoms with van der Waals surface area (Å²) in [7, 11) is -5.41. The van der Waals surface area contributed by atoms with Crippen LogP contribution in [0.4, 0.5) is 57.9 Å². The first-order valence-electron chi connectivity index (χ1n) is 19.6. The van der Waals surface area contributed by atoms with Gasteiger partial charge in [0.2, 0.25) is 0 Å². The second-order valence-electron chi connectivity index (χ2n) is 16.6. The minimum absolute atomic E-state index is 0.0375. The number of phosphoric acid groups is 1. The molecule has 3 aliphatic rings. The molecule has 3 aromatic carbocycles. The molecule has 66 heavy (non-hydrogen) atoms. The van der Waals surface area contributed by atoms with Crippen molar-refractivity contribution in [1.29, 1.82) is 0 Å².